The zero-order valence-electron chi connectivity index (χ0n) is 11.3. The largest absolute Gasteiger partial charge is 0.481 e. The lowest BCUT2D eigenvalue weighted by Gasteiger charge is -2.40. The Hall–Kier alpha value is -1.26. The number of nitrogens with zero attached hydrogens (tertiary/aromatic N) is 1. The Bertz CT molecular complexity index is 601. The van der Waals surface area contributed by atoms with Crippen LogP contribution in [0.25, 0.3) is 0 Å². The van der Waals surface area contributed by atoms with Crippen LogP contribution in [0, 0.1) is 5.92 Å². The van der Waals surface area contributed by atoms with Crippen LogP contribution in [0.15, 0.2) is 18.2 Å². The number of halogens is 2. The summed E-state index contributed by atoms with van der Waals surface area (Å²) in [6.45, 7) is 0. The highest BCUT2D eigenvalue weighted by molar-refractivity contribution is 6.35. The number of hydrogen-bond acceptors (Lipinski definition) is 2. The average molecular weight is 328 g/mol. The molecule has 2 aliphatic rings. The molecule has 21 heavy (non-hydrogen) atoms. The van der Waals surface area contributed by atoms with E-state index in [2.05, 4.69) is 0 Å². The quantitative estimate of drug-likeness (QED) is 0.924. The van der Waals surface area contributed by atoms with Gasteiger partial charge in [0.1, 0.15) is 0 Å². The second-order valence-electron chi connectivity index (χ2n) is 5.63. The minimum absolute atomic E-state index is 0.0195. The van der Waals surface area contributed by atoms with E-state index >= 15 is 0 Å². The van der Waals surface area contributed by atoms with Gasteiger partial charge >= 0.3 is 5.97 Å². The highest BCUT2D eigenvalue weighted by Crippen LogP contribution is 2.45. The summed E-state index contributed by atoms with van der Waals surface area (Å²) in [6.07, 6.45) is 2.50. The van der Waals surface area contributed by atoms with Crippen molar-refractivity contribution in [2.45, 2.75) is 37.8 Å². The average Bonchev–Trinajstić information content (AvgIpc) is 3.22. The van der Waals surface area contributed by atoms with Gasteiger partial charge in [-0.3, -0.25) is 9.59 Å². The molecule has 1 aliphatic heterocycles. The Morgan fingerprint density at radius 1 is 1.24 bits per heavy atom. The Morgan fingerprint density at radius 2 is 1.95 bits per heavy atom. The van der Waals surface area contributed by atoms with Gasteiger partial charge in [0.05, 0.1) is 12.0 Å². The van der Waals surface area contributed by atoms with E-state index in [1.165, 1.54) is 0 Å². The van der Waals surface area contributed by atoms with Crippen LogP contribution in [0.1, 0.15) is 37.3 Å². The first-order chi connectivity index (χ1) is 9.99. The number of carboxylic acids is 1. The number of amides is 1. The van der Waals surface area contributed by atoms with Crippen molar-refractivity contribution >= 4 is 35.1 Å². The zero-order valence-corrected chi connectivity index (χ0v) is 12.8. The molecule has 1 saturated heterocycles. The third kappa shape index (κ3) is 2.74. The Balaban J connectivity index is 2.06. The van der Waals surface area contributed by atoms with Gasteiger partial charge in [-0.2, -0.15) is 0 Å². The number of carboxylic acid groups (broad SMARTS) is 1. The lowest BCUT2D eigenvalue weighted by Crippen LogP contribution is -2.46. The molecule has 6 heteroatoms. The topological polar surface area (TPSA) is 57.6 Å². The third-order valence-electron chi connectivity index (χ3n) is 4.18. The summed E-state index contributed by atoms with van der Waals surface area (Å²) in [5.74, 6) is -1.49. The van der Waals surface area contributed by atoms with E-state index in [0.29, 0.717) is 22.0 Å². The maximum absolute atomic E-state index is 12.3. The lowest BCUT2D eigenvalue weighted by molar-refractivity contribution is -0.152. The molecule has 4 nitrogen and oxygen atoms in total. The molecule has 0 aromatic heterocycles. The summed E-state index contributed by atoms with van der Waals surface area (Å²) >= 11 is 12.2. The van der Waals surface area contributed by atoms with Crippen molar-refractivity contribution in [2.24, 2.45) is 5.92 Å². The van der Waals surface area contributed by atoms with Crippen LogP contribution in [0.3, 0.4) is 0 Å². The molecule has 1 heterocycles. The van der Waals surface area contributed by atoms with E-state index in [1.54, 1.807) is 23.1 Å². The molecule has 1 saturated carbocycles. The van der Waals surface area contributed by atoms with E-state index in [-0.39, 0.29) is 18.4 Å². The fourth-order valence-corrected chi connectivity index (χ4v) is 3.59. The first kappa shape index (κ1) is 14.7. The molecular weight excluding hydrogens is 313 g/mol. The maximum atomic E-state index is 12.3. The molecule has 1 aromatic rings. The highest BCUT2D eigenvalue weighted by Gasteiger charge is 2.47. The van der Waals surface area contributed by atoms with E-state index < -0.39 is 17.9 Å². The van der Waals surface area contributed by atoms with E-state index in [9.17, 15) is 14.7 Å². The molecule has 2 fully saturated rings. The van der Waals surface area contributed by atoms with Crippen LogP contribution in [-0.4, -0.2) is 27.9 Å². The summed E-state index contributed by atoms with van der Waals surface area (Å²) in [6, 6.07) is 4.67. The molecule has 2 atom stereocenters. The Kier molecular flexibility index (Phi) is 3.84. The van der Waals surface area contributed by atoms with Crippen molar-refractivity contribution in [2.75, 3.05) is 0 Å². The molecule has 0 radical (unpaired) electrons. The molecule has 1 aliphatic carbocycles. The van der Waals surface area contributed by atoms with Crippen molar-refractivity contribution in [1.29, 1.82) is 0 Å². The summed E-state index contributed by atoms with van der Waals surface area (Å²) in [5, 5.41) is 10.4. The number of aliphatic carboxylic acids is 1. The number of hydrogen-bond donors (Lipinski definition) is 1. The van der Waals surface area contributed by atoms with Gasteiger partial charge < -0.3 is 10.0 Å². The van der Waals surface area contributed by atoms with Crippen molar-refractivity contribution in [3.8, 4) is 0 Å². The summed E-state index contributed by atoms with van der Waals surface area (Å²) < 4.78 is 0. The predicted octanol–water partition coefficient (Wildman–Crippen LogP) is 3.52. The number of carbonyl (C=O) groups is 2. The summed E-state index contributed by atoms with van der Waals surface area (Å²) in [4.78, 5) is 25.6. The van der Waals surface area contributed by atoms with Gasteiger partial charge in [0.2, 0.25) is 5.91 Å². The molecular formula is C15H15Cl2NO3. The monoisotopic (exact) mass is 327 g/mol. The smallest absolute Gasteiger partial charge is 0.308 e. The fraction of sp³-hybridized carbons (Fsp3) is 0.467. The van der Waals surface area contributed by atoms with Gasteiger partial charge in [-0.15, -0.1) is 0 Å². The van der Waals surface area contributed by atoms with Gasteiger partial charge in [-0.25, -0.2) is 0 Å². The maximum Gasteiger partial charge on any atom is 0.308 e. The van der Waals surface area contributed by atoms with Crippen LogP contribution >= 0.6 is 23.2 Å². The summed E-state index contributed by atoms with van der Waals surface area (Å²) in [5.41, 5.74) is 0.674. The van der Waals surface area contributed by atoms with Gasteiger partial charge in [-0.05, 0) is 37.0 Å². The van der Waals surface area contributed by atoms with Crippen molar-refractivity contribution < 1.29 is 14.7 Å². The van der Waals surface area contributed by atoms with Crippen molar-refractivity contribution in [1.82, 2.24) is 4.90 Å². The molecule has 1 N–H and O–H groups in total. The first-order valence-corrected chi connectivity index (χ1v) is 7.73. The van der Waals surface area contributed by atoms with Crippen LogP contribution in [0.2, 0.25) is 10.0 Å². The number of likely N-dealkylation sites (tertiary alicyclic amines) is 1. The summed E-state index contributed by atoms with van der Waals surface area (Å²) in [7, 11) is 0. The van der Waals surface area contributed by atoms with Gasteiger partial charge in [-0.1, -0.05) is 29.3 Å². The van der Waals surface area contributed by atoms with Gasteiger partial charge in [0, 0.05) is 22.5 Å². The molecule has 0 spiro atoms. The van der Waals surface area contributed by atoms with Gasteiger partial charge in [0.25, 0.3) is 0 Å². The third-order valence-corrected chi connectivity index (χ3v) is 4.74. The molecule has 1 aromatic carbocycles. The number of carbonyl (C=O) groups excluding carboxylic acids is 1. The molecule has 3 rings (SSSR count). The van der Waals surface area contributed by atoms with Crippen LogP contribution < -0.4 is 0 Å². The highest BCUT2D eigenvalue weighted by atomic mass is 35.5. The first-order valence-electron chi connectivity index (χ1n) is 6.98. The molecule has 0 bridgehead atoms. The molecule has 112 valence electrons. The van der Waals surface area contributed by atoms with E-state index in [1.807, 2.05) is 0 Å². The normalized spacial score (nSPS) is 26.0. The Labute approximate surface area is 132 Å². The standard InChI is InChI=1S/C15H15Cl2NO3/c16-8-1-4-10(12(17)7-8)14-11(15(20)21)5-6-13(19)18(14)9-2-3-9/h1,4,7,9,11,14H,2-3,5-6H2,(H,20,21). The van der Waals surface area contributed by atoms with Crippen LogP contribution in [-0.2, 0) is 9.59 Å². The van der Waals surface area contributed by atoms with Crippen LogP contribution in [0.4, 0.5) is 0 Å². The lowest BCUT2D eigenvalue weighted by atomic mass is 9.84. The number of rotatable bonds is 3. The van der Waals surface area contributed by atoms with Crippen molar-refractivity contribution in [3.05, 3.63) is 33.8 Å². The van der Waals surface area contributed by atoms with Crippen molar-refractivity contribution in [3.63, 3.8) is 0 Å². The SMILES string of the molecule is O=C(O)C1CCC(=O)N(C2CC2)C1c1ccc(Cl)cc1Cl. The Morgan fingerprint density at radius 3 is 2.52 bits per heavy atom. The van der Waals surface area contributed by atoms with Gasteiger partial charge in [0.15, 0.2) is 0 Å². The number of piperidine rings is 1. The molecule has 2 unspecified atom stereocenters. The second-order valence-corrected chi connectivity index (χ2v) is 6.47. The molecule has 1 amide bonds. The van der Waals surface area contributed by atoms with Crippen LogP contribution in [0.5, 0.6) is 0 Å². The second kappa shape index (κ2) is 5.50. The zero-order chi connectivity index (χ0) is 15.1. The predicted molar refractivity (Wildman–Crippen MR) is 79.4 cm³/mol. The van der Waals surface area contributed by atoms with E-state index in [0.717, 1.165) is 12.8 Å². The fourth-order valence-electron chi connectivity index (χ4n) is 3.06. The minimum atomic E-state index is -0.885. The van der Waals surface area contributed by atoms with E-state index in [4.69, 9.17) is 23.2 Å². The number of benzene rings is 1. The minimum Gasteiger partial charge on any atom is -0.481 e.